The summed E-state index contributed by atoms with van der Waals surface area (Å²) < 4.78 is 0. The molecule has 0 saturated carbocycles. The van der Waals surface area contributed by atoms with Gasteiger partial charge in [-0.2, -0.15) is 0 Å². The van der Waals surface area contributed by atoms with Crippen LogP contribution in [0.1, 0.15) is 31.4 Å². The second-order valence-electron chi connectivity index (χ2n) is 3.05. The molecule has 2 rings (SSSR count). The molecular formula is C12H19N. The summed E-state index contributed by atoms with van der Waals surface area (Å²) >= 11 is 0. The Balaban J connectivity index is 0.000000396. The molecule has 13 heavy (non-hydrogen) atoms. The summed E-state index contributed by atoms with van der Waals surface area (Å²) in [6.07, 6.45) is 2.51. The number of fused-ring (bicyclic) bond motifs is 1. The highest BCUT2D eigenvalue weighted by molar-refractivity contribution is 5.27. The lowest BCUT2D eigenvalue weighted by atomic mass is 10.0. The van der Waals surface area contributed by atoms with Crippen LogP contribution in [-0.4, -0.2) is 6.54 Å². The van der Waals surface area contributed by atoms with Crippen molar-refractivity contribution < 1.29 is 0 Å². The summed E-state index contributed by atoms with van der Waals surface area (Å²) in [5.41, 5.74) is 3.00. The molecule has 1 heteroatoms. The lowest BCUT2D eigenvalue weighted by Crippen LogP contribution is -2.11. The Morgan fingerprint density at radius 1 is 1.08 bits per heavy atom. The van der Waals surface area contributed by atoms with Gasteiger partial charge < -0.3 is 5.32 Å². The van der Waals surface area contributed by atoms with Gasteiger partial charge in [0, 0.05) is 6.54 Å². The molecule has 1 aromatic carbocycles. The highest BCUT2D eigenvalue weighted by Crippen LogP contribution is 2.12. The normalized spacial score (nSPS) is 14.9. The van der Waals surface area contributed by atoms with Crippen molar-refractivity contribution in [2.24, 2.45) is 0 Å². The maximum absolute atomic E-state index is 3.40. The minimum Gasteiger partial charge on any atom is -0.313 e. The van der Waals surface area contributed by atoms with Crippen LogP contribution in [0.25, 0.3) is 0 Å². The summed E-state index contributed by atoms with van der Waals surface area (Å²) in [4.78, 5) is 0. The molecule has 0 radical (unpaired) electrons. The fourth-order valence-electron chi connectivity index (χ4n) is 1.60. The van der Waals surface area contributed by atoms with Crippen molar-refractivity contribution in [3.05, 3.63) is 35.4 Å². The van der Waals surface area contributed by atoms with Crippen LogP contribution in [0, 0.1) is 0 Å². The van der Waals surface area contributed by atoms with Gasteiger partial charge in [-0.25, -0.2) is 0 Å². The van der Waals surface area contributed by atoms with Gasteiger partial charge in [0.25, 0.3) is 0 Å². The van der Waals surface area contributed by atoms with E-state index in [-0.39, 0.29) is 0 Å². The van der Waals surface area contributed by atoms with Crippen LogP contribution in [0.15, 0.2) is 24.3 Å². The van der Waals surface area contributed by atoms with Crippen molar-refractivity contribution in [3.8, 4) is 0 Å². The van der Waals surface area contributed by atoms with Crippen LogP contribution >= 0.6 is 0 Å². The number of rotatable bonds is 0. The fraction of sp³-hybridized carbons (Fsp3) is 0.500. The molecule has 0 fully saturated rings. The zero-order valence-electron chi connectivity index (χ0n) is 8.64. The van der Waals surface area contributed by atoms with Gasteiger partial charge in [-0.3, -0.25) is 0 Å². The fourth-order valence-corrected chi connectivity index (χ4v) is 1.60. The summed E-state index contributed by atoms with van der Waals surface area (Å²) in [5.74, 6) is 0. The summed E-state index contributed by atoms with van der Waals surface area (Å²) in [6, 6.07) is 8.70. The number of benzene rings is 1. The van der Waals surface area contributed by atoms with E-state index in [2.05, 4.69) is 29.6 Å². The maximum atomic E-state index is 3.40. The van der Waals surface area contributed by atoms with Gasteiger partial charge in [-0.1, -0.05) is 38.1 Å². The molecule has 1 heterocycles. The second-order valence-corrected chi connectivity index (χ2v) is 3.05. The average Bonchev–Trinajstić information content (AvgIpc) is 2.45. The number of nitrogens with one attached hydrogen (secondary N) is 1. The second kappa shape index (κ2) is 5.76. The van der Waals surface area contributed by atoms with E-state index in [1.807, 2.05) is 13.8 Å². The van der Waals surface area contributed by atoms with Crippen molar-refractivity contribution in [3.63, 3.8) is 0 Å². The van der Waals surface area contributed by atoms with Gasteiger partial charge in [-0.05, 0) is 30.5 Å². The lowest BCUT2D eigenvalue weighted by molar-refractivity contribution is 0.681. The molecule has 0 spiro atoms. The van der Waals surface area contributed by atoms with Crippen LogP contribution in [-0.2, 0) is 13.0 Å². The molecule has 0 atom stereocenters. The van der Waals surface area contributed by atoms with Crippen LogP contribution in [0.5, 0.6) is 0 Å². The van der Waals surface area contributed by atoms with Crippen LogP contribution in [0.3, 0.4) is 0 Å². The van der Waals surface area contributed by atoms with Crippen molar-refractivity contribution >= 4 is 0 Å². The molecule has 0 aliphatic carbocycles. The molecule has 72 valence electrons. The molecule has 1 aliphatic rings. The van der Waals surface area contributed by atoms with Crippen molar-refractivity contribution in [1.82, 2.24) is 5.32 Å². The standard InChI is InChI=1S/C10H13N.C2H6/c1-2-5-10-8-11-7-3-6-9(10)4-1;1-2/h1-2,4-5,11H,3,6-8H2;1-2H3. The molecule has 0 bridgehead atoms. The first-order valence-corrected chi connectivity index (χ1v) is 5.24. The van der Waals surface area contributed by atoms with Gasteiger partial charge in [0.15, 0.2) is 0 Å². The van der Waals surface area contributed by atoms with E-state index in [0.29, 0.717) is 0 Å². The van der Waals surface area contributed by atoms with Gasteiger partial charge in [0.2, 0.25) is 0 Å². The predicted octanol–water partition coefficient (Wildman–Crippen LogP) is 2.75. The van der Waals surface area contributed by atoms with E-state index >= 15 is 0 Å². The van der Waals surface area contributed by atoms with E-state index < -0.39 is 0 Å². The van der Waals surface area contributed by atoms with E-state index in [9.17, 15) is 0 Å². The Bertz CT molecular complexity index is 218. The smallest absolute Gasteiger partial charge is 0.0208 e. The molecule has 1 N–H and O–H groups in total. The predicted molar refractivity (Wildman–Crippen MR) is 57.8 cm³/mol. The Morgan fingerprint density at radius 2 is 1.77 bits per heavy atom. The van der Waals surface area contributed by atoms with Crippen molar-refractivity contribution in [2.45, 2.75) is 33.2 Å². The molecule has 1 aliphatic heterocycles. The monoisotopic (exact) mass is 177 g/mol. The van der Waals surface area contributed by atoms with Gasteiger partial charge >= 0.3 is 0 Å². The Kier molecular flexibility index (Phi) is 4.55. The highest BCUT2D eigenvalue weighted by atomic mass is 14.8. The van der Waals surface area contributed by atoms with E-state index in [1.54, 1.807) is 0 Å². The van der Waals surface area contributed by atoms with Crippen molar-refractivity contribution in [1.29, 1.82) is 0 Å². The first-order valence-electron chi connectivity index (χ1n) is 5.24. The van der Waals surface area contributed by atoms with Crippen molar-refractivity contribution in [2.75, 3.05) is 6.54 Å². The summed E-state index contributed by atoms with van der Waals surface area (Å²) in [6.45, 7) is 6.21. The zero-order chi connectivity index (χ0) is 9.52. The van der Waals surface area contributed by atoms with Gasteiger partial charge in [-0.15, -0.1) is 0 Å². The third kappa shape index (κ3) is 2.85. The minimum atomic E-state index is 1.05. The molecule has 1 nitrogen and oxygen atoms in total. The Hall–Kier alpha value is -0.820. The quantitative estimate of drug-likeness (QED) is 0.642. The van der Waals surface area contributed by atoms with Crippen LogP contribution in [0.2, 0.25) is 0 Å². The lowest BCUT2D eigenvalue weighted by Gasteiger charge is -2.02. The van der Waals surface area contributed by atoms with E-state index in [4.69, 9.17) is 0 Å². The molecule has 0 amide bonds. The molecule has 0 aromatic heterocycles. The number of hydrogen-bond donors (Lipinski definition) is 1. The third-order valence-corrected chi connectivity index (χ3v) is 2.23. The van der Waals surface area contributed by atoms with Gasteiger partial charge in [0.05, 0.1) is 0 Å². The zero-order valence-corrected chi connectivity index (χ0v) is 8.64. The Labute approximate surface area is 81.2 Å². The first-order chi connectivity index (χ1) is 6.47. The van der Waals surface area contributed by atoms with Crippen LogP contribution in [0.4, 0.5) is 0 Å². The first kappa shape index (κ1) is 10.3. The van der Waals surface area contributed by atoms with E-state index in [1.165, 1.54) is 24.0 Å². The Morgan fingerprint density at radius 3 is 2.54 bits per heavy atom. The third-order valence-electron chi connectivity index (χ3n) is 2.23. The minimum absolute atomic E-state index is 1.05. The van der Waals surface area contributed by atoms with Crippen LogP contribution < -0.4 is 5.32 Å². The maximum Gasteiger partial charge on any atom is 0.0208 e. The molecule has 1 aromatic rings. The topological polar surface area (TPSA) is 12.0 Å². The molecule has 0 unspecified atom stereocenters. The van der Waals surface area contributed by atoms with Gasteiger partial charge in [0.1, 0.15) is 0 Å². The average molecular weight is 177 g/mol. The van der Waals surface area contributed by atoms with E-state index in [0.717, 1.165) is 13.1 Å². The SMILES string of the molecule is CC.c1ccc2c(c1)CCCNC2. The highest BCUT2D eigenvalue weighted by Gasteiger charge is 2.04. The molecular weight excluding hydrogens is 158 g/mol. The number of aryl methyl sites for hydroxylation is 1. The summed E-state index contributed by atoms with van der Waals surface area (Å²) in [5, 5.41) is 3.40. The number of hydrogen-bond acceptors (Lipinski definition) is 1. The summed E-state index contributed by atoms with van der Waals surface area (Å²) in [7, 11) is 0. The molecule has 0 saturated heterocycles. The largest absolute Gasteiger partial charge is 0.313 e.